The van der Waals surface area contributed by atoms with Crippen molar-refractivity contribution in [1.82, 2.24) is 5.32 Å². The molecule has 0 saturated heterocycles. The maximum Gasteiger partial charge on any atom is 0.371 e. The number of carbonyl (C=O) groups excluding carboxylic acids is 1. The van der Waals surface area contributed by atoms with E-state index in [2.05, 4.69) is 19.2 Å². The van der Waals surface area contributed by atoms with Gasteiger partial charge in [0.2, 0.25) is 5.76 Å². The third-order valence-electron chi connectivity index (χ3n) is 2.28. The van der Waals surface area contributed by atoms with Crippen molar-refractivity contribution in [1.29, 1.82) is 0 Å². The number of nitrogens with one attached hydrogen (secondary N) is 1. The van der Waals surface area contributed by atoms with Crippen LogP contribution in [0.25, 0.3) is 0 Å². The third-order valence-corrected chi connectivity index (χ3v) is 2.28. The summed E-state index contributed by atoms with van der Waals surface area (Å²) in [4.78, 5) is 22.1. The lowest BCUT2D eigenvalue weighted by atomic mass is 10.1. The molecule has 0 spiro atoms. The van der Waals surface area contributed by atoms with Crippen molar-refractivity contribution in [3.8, 4) is 0 Å². The molecular weight excluding hydrogens is 222 g/mol. The van der Waals surface area contributed by atoms with Gasteiger partial charge in [-0.3, -0.25) is 4.79 Å². The molecule has 0 radical (unpaired) electrons. The first-order chi connectivity index (χ1) is 8.00. The van der Waals surface area contributed by atoms with Gasteiger partial charge in [0, 0.05) is 6.54 Å². The Bertz CT molecular complexity index is 395. The van der Waals surface area contributed by atoms with E-state index in [1.807, 2.05) is 0 Å². The number of hydrogen-bond donors (Lipinski definition) is 2. The average molecular weight is 239 g/mol. The maximum atomic E-state index is 11.5. The van der Waals surface area contributed by atoms with Crippen LogP contribution in [-0.4, -0.2) is 23.5 Å². The lowest BCUT2D eigenvalue weighted by molar-refractivity contribution is 0.0659. The molecule has 1 rings (SSSR count). The van der Waals surface area contributed by atoms with Gasteiger partial charge >= 0.3 is 5.97 Å². The molecule has 5 nitrogen and oxygen atoms in total. The number of rotatable bonds is 6. The molecule has 2 N–H and O–H groups in total. The molecule has 0 unspecified atom stereocenters. The fourth-order valence-corrected chi connectivity index (χ4v) is 1.37. The van der Waals surface area contributed by atoms with Gasteiger partial charge in [-0.1, -0.05) is 13.8 Å². The second-order valence-corrected chi connectivity index (χ2v) is 4.26. The van der Waals surface area contributed by atoms with E-state index >= 15 is 0 Å². The van der Waals surface area contributed by atoms with Crippen LogP contribution in [0.3, 0.4) is 0 Å². The van der Waals surface area contributed by atoms with Crippen LogP contribution < -0.4 is 5.32 Å². The summed E-state index contributed by atoms with van der Waals surface area (Å²) in [5, 5.41) is 11.3. The highest BCUT2D eigenvalue weighted by Crippen LogP contribution is 2.08. The van der Waals surface area contributed by atoms with Crippen LogP contribution in [-0.2, 0) is 0 Å². The van der Waals surface area contributed by atoms with E-state index in [1.165, 1.54) is 12.1 Å². The first-order valence-electron chi connectivity index (χ1n) is 5.62. The Kier molecular flexibility index (Phi) is 4.75. The largest absolute Gasteiger partial charge is 0.475 e. The zero-order valence-corrected chi connectivity index (χ0v) is 10.0. The van der Waals surface area contributed by atoms with Gasteiger partial charge in [0.15, 0.2) is 5.76 Å². The van der Waals surface area contributed by atoms with Gasteiger partial charge < -0.3 is 14.8 Å². The molecule has 17 heavy (non-hydrogen) atoms. The van der Waals surface area contributed by atoms with E-state index in [0.29, 0.717) is 12.5 Å². The second kappa shape index (κ2) is 6.08. The Morgan fingerprint density at radius 3 is 2.53 bits per heavy atom. The van der Waals surface area contributed by atoms with E-state index < -0.39 is 5.97 Å². The topological polar surface area (TPSA) is 79.5 Å². The van der Waals surface area contributed by atoms with E-state index in [0.717, 1.165) is 12.8 Å². The van der Waals surface area contributed by atoms with Crippen LogP contribution >= 0.6 is 0 Å². The van der Waals surface area contributed by atoms with Crippen molar-refractivity contribution in [2.45, 2.75) is 26.7 Å². The smallest absolute Gasteiger partial charge is 0.371 e. The van der Waals surface area contributed by atoms with Gasteiger partial charge in [-0.15, -0.1) is 0 Å². The minimum absolute atomic E-state index is 0.0342. The predicted molar refractivity (Wildman–Crippen MR) is 62.1 cm³/mol. The Balaban J connectivity index is 2.39. The van der Waals surface area contributed by atoms with E-state index in [4.69, 9.17) is 9.52 Å². The van der Waals surface area contributed by atoms with Crippen LogP contribution in [0.5, 0.6) is 0 Å². The predicted octanol–water partition coefficient (Wildman–Crippen LogP) is 2.14. The lowest BCUT2D eigenvalue weighted by Crippen LogP contribution is -2.24. The zero-order chi connectivity index (χ0) is 12.8. The number of carboxylic acid groups (broad SMARTS) is 1. The van der Waals surface area contributed by atoms with E-state index in [1.54, 1.807) is 0 Å². The molecule has 0 fully saturated rings. The first-order valence-corrected chi connectivity index (χ1v) is 5.62. The zero-order valence-electron chi connectivity index (χ0n) is 10.0. The molecule has 0 bridgehead atoms. The molecule has 0 aromatic carbocycles. The molecule has 1 amide bonds. The maximum absolute atomic E-state index is 11.5. The van der Waals surface area contributed by atoms with Gasteiger partial charge in [0.05, 0.1) is 0 Å². The van der Waals surface area contributed by atoms with E-state index in [9.17, 15) is 9.59 Å². The minimum atomic E-state index is -1.18. The average Bonchev–Trinajstić information content (AvgIpc) is 2.73. The highest BCUT2D eigenvalue weighted by Gasteiger charge is 2.14. The molecule has 0 atom stereocenters. The normalized spacial score (nSPS) is 10.5. The number of carboxylic acids is 1. The Morgan fingerprint density at radius 1 is 1.35 bits per heavy atom. The van der Waals surface area contributed by atoms with Crippen LogP contribution in [0.15, 0.2) is 16.5 Å². The van der Waals surface area contributed by atoms with Crippen LogP contribution in [0.2, 0.25) is 0 Å². The SMILES string of the molecule is CC(C)CCCNC(=O)c1ccc(C(=O)O)o1. The quantitative estimate of drug-likeness (QED) is 0.745. The van der Waals surface area contributed by atoms with Crippen molar-refractivity contribution in [2.24, 2.45) is 5.92 Å². The molecule has 0 aliphatic carbocycles. The number of aromatic carboxylic acids is 1. The van der Waals surface area contributed by atoms with Crippen molar-refractivity contribution >= 4 is 11.9 Å². The highest BCUT2D eigenvalue weighted by molar-refractivity contribution is 5.93. The Morgan fingerprint density at radius 2 is 2.00 bits per heavy atom. The third kappa shape index (κ3) is 4.30. The standard InChI is InChI=1S/C12H17NO4/c1-8(2)4-3-7-13-11(14)9-5-6-10(17-9)12(15)16/h5-6,8H,3-4,7H2,1-2H3,(H,13,14)(H,15,16). The van der Waals surface area contributed by atoms with Gasteiger partial charge in [0.25, 0.3) is 5.91 Å². The fourth-order valence-electron chi connectivity index (χ4n) is 1.37. The van der Waals surface area contributed by atoms with Crippen molar-refractivity contribution in [3.63, 3.8) is 0 Å². The number of amides is 1. The summed E-state index contributed by atoms with van der Waals surface area (Å²) in [6, 6.07) is 2.63. The van der Waals surface area contributed by atoms with Gasteiger partial charge in [-0.05, 0) is 30.9 Å². The van der Waals surface area contributed by atoms with Crippen molar-refractivity contribution in [3.05, 3.63) is 23.7 Å². The lowest BCUT2D eigenvalue weighted by Gasteiger charge is -2.05. The van der Waals surface area contributed by atoms with Gasteiger partial charge in [-0.2, -0.15) is 0 Å². The number of carbonyl (C=O) groups is 2. The number of hydrogen-bond acceptors (Lipinski definition) is 3. The fraction of sp³-hybridized carbons (Fsp3) is 0.500. The van der Waals surface area contributed by atoms with Crippen LogP contribution in [0.1, 0.15) is 47.8 Å². The molecule has 1 aromatic rings. The summed E-state index contributed by atoms with van der Waals surface area (Å²) in [7, 11) is 0. The summed E-state index contributed by atoms with van der Waals surface area (Å²) in [5.41, 5.74) is 0. The summed E-state index contributed by atoms with van der Waals surface area (Å²) in [5.74, 6) is -1.14. The number of furan rings is 1. The van der Waals surface area contributed by atoms with Gasteiger partial charge in [0.1, 0.15) is 0 Å². The molecule has 0 aliphatic rings. The monoisotopic (exact) mass is 239 g/mol. The van der Waals surface area contributed by atoms with Gasteiger partial charge in [-0.25, -0.2) is 4.79 Å². The minimum Gasteiger partial charge on any atom is -0.475 e. The summed E-state index contributed by atoms with van der Waals surface area (Å²) < 4.78 is 4.87. The molecule has 5 heteroatoms. The molecule has 1 aromatic heterocycles. The first kappa shape index (κ1) is 13.3. The Hall–Kier alpha value is -1.78. The Labute approximate surface area is 99.8 Å². The summed E-state index contributed by atoms with van der Waals surface area (Å²) in [6.45, 7) is 4.81. The molecule has 1 heterocycles. The summed E-state index contributed by atoms with van der Waals surface area (Å²) in [6.07, 6.45) is 1.94. The van der Waals surface area contributed by atoms with Crippen LogP contribution in [0.4, 0.5) is 0 Å². The van der Waals surface area contributed by atoms with Crippen LogP contribution in [0, 0.1) is 5.92 Å². The second-order valence-electron chi connectivity index (χ2n) is 4.26. The van der Waals surface area contributed by atoms with E-state index in [-0.39, 0.29) is 17.4 Å². The van der Waals surface area contributed by atoms with Crippen molar-refractivity contribution < 1.29 is 19.1 Å². The highest BCUT2D eigenvalue weighted by atomic mass is 16.4. The molecular formula is C12H17NO4. The van der Waals surface area contributed by atoms with Crippen molar-refractivity contribution in [2.75, 3.05) is 6.54 Å². The molecule has 0 aliphatic heterocycles. The molecule has 94 valence electrons. The molecule has 0 saturated carbocycles. The summed E-state index contributed by atoms with van der Waals surface area (Å²) >= 11 is 0.